The van der Waals surface area contributed by atoms with E-state index >= 15 is 0 Å². The molecule has 1 amide bonds. The Labute approximate surface area is 105 Å². The lowest BCUT2D eigenvalue weighted by molar-refractivity contribution is -0.114. The van der Waals surface area contributed by atoms with Crippen molar-refractivity contribution in [2.45, 2.75) is 25.7 Å². The number of aryl methyl sites for hydroxylation is 1. The van der Waals surface area contributed by atoms with Crippen LogP contribution < -0.4 is 5.73 Å². The van der Waals surface area contributed by atoms with Gasteiger partial charge in [-0.1, -0.05) is 6.07 Å². The van der Waals surface area contributed by atoms with Gasteiger partial charge in [-0.2, -0.15) is 5.26 Å². The number of aromatic hydroxyl groups is 1. The van der Waals surface area contributed by atoms with Crippen molar-refractivity contribution in [3.05, 3.63) is 34.4 Å². The van der Waals surface area contributed by atoms with Crippen molar-refractivity contribution in [1.29, 1.82) is 5.26 Å². The van der Waals surface area contributed by atoms with Gasteiger partial charge in [0.25, 0.3) is 5.91 Å². The predicted octanol–water partition coefficient (Wildman–Crippen LogP) is 1.66. The van der Waals surface area contributed by atoms with Crippen LogP contribution in [0.4, 0.5) is 0 Å². The van der Waals surface area contributed by atoms with Crippen LogP contribution in [0.1, 0.15) is 29.5 Å². The van der Waals surface area contributed by atoms with E-state index in [1.54, 1.807) is 12.1 Å². The van der Waals surface area contributed by atoms with E-state index in [0.717, 1.165) is 36.8 Å². The molecule has 1 aliphatic carbocycles. The number of hydrogen-bond acceptors (Lipinski definition) is 3. The summed E-state index contributed by atoms with van der Waals surface area (Å²) in [5.74, 6) is -0.519. The molecule has 0 unspecified atom stereocenters. The monoisotopic (exact) mass is 242 g/mol. The van der Waals surface area contributed by atoms with Crippen molar-refractivity contribution >= 4 is 12.0 Å². The molecule has 0 atom stereocenters. The smallest absolute Gasteiger partial charge is 0.259 e. The SMILES string of the molecule is N#C/C(=C\c1cc(O)c2c(c1)CCCC2)C(N)=O. The van der Waals surface area contributed by atoms with Gasteiger partial charge in [-0.05, 0) is 54.5 Å². The van der Waals surface area contributed by atoms with E-state index in [2.05, 4.69) is 0 Å². The molecule has 0 radical (unpaired) electrons. The second-order valence-electron chi connectivity index (χ2n) is 4.42. The Balaban J connectivity index is 2.45. The number of nitrogens with zero attached hydrogens (tertiary/aromatic N) is 1. The number of fused-ring (bicyclic) bond motifs is 1. The van der Waals surface area contributed by atoms with Gasteiger partial charge in [0.05, 0.1) is 0 Å². The molecule has 0 aliphatic heterocycles. The number of phenolic OH excluding ortho intramolecular Hbond substituents is 1. The molecule has 0 aromatic heterocycles. The molecule has 3 N–H and O–H groups in total. The Morgan fingerprint density at radius 3 is 2.78 bits per heavy atom. The van der Waals surface area contributed by atoms with Crippen LogP contribution in [0, 0.1) is 11.3 Å². The molecule has 2 rings (SSSR count). The number of nitriles is 1. The maximum Gasteiger partial charge on any atom is 0.259 e. The van der Waals surface area contributed by atoms with Gasteiger partial charge in [-0.15, -0.1) is 0 Å². The number of carbonyl (C=O) groups excluding carboxylic acids is 1. The third-order valence-corrected chi connectivity index (χ3v) is 3.16. The first-order valence-electron chi connectivity index (χ1n) is 5.88. The normalized spacial score (nSPS) is 14.7. The van der Waals surface area contributed by atoms with Gasteiger partial charge in [0.1, 0.15) is 17.4 Å². The summed E-state index contributed by atoms with van der Waals surface area (Å²) in [5, 5.41) is 18.7. The molecule has 4 heteroatoms. The van der Waals surface area contributed by atoms with Gasteiger partial charge in [0.2, 0.25) is 0 Å². The van der Waals surface area contributed by atoms with Crippen molar-refractivity contribution in [1.82, 2.24) is 0 Å². The minimum absolute atomic E-state index is 0.106. The van der Waals surface area contributed by atoms with E-state index in [1.807, 2.05) is 6.07 Å². The van der Waals surface area contributed by atoms with Gasteiger partial charge in [-0.3, -0.25) is 4.79 Å². The highest BCUT2D eigenvalue weighted by atomic mass is 16.3. The molecule has 4 nitrogen and oxygen atoms in total. The molecule has 0 spiro atoms. The topological polar surface area (TPSA) is 87.1 Å². The summed E-state index contributed by atoms with van der Waals surface area (Å²) in [6.07, 6.45) is 5.40. The summed E-state index contributed by atoms with van der Waals surface area (Å²) in [6.45, 7) is 0. The molecule has 92 valence electrons. The van der Waals surface area contributed by atoms with Gasteiger partial charge >= 0.3 is 0 Å². The van der Waals surface area contributed by atoms with Crippen molar-refractivity contribution < 1.29 is 9.90 Å². The lowest BCUT2D eigenvalue weighted by Crippen LogP contribution is -2.12. The molecule has 18 heavy (non-hydrogen) atoms. The van der Waals surface area contributed by atoms with E-state index in [0.29, 0.717) is 5.56 Å². The number of nitrogens with two attached hydrogens (primary N) is 1. The summed E-state index contributed by atoms with van der Waals surface area (Å²) in [5.41, 5.74) is 7.69. The molecule has 0 saturated heterocycles. The average molecular weight is 242 g/mol. The Kier molecular flexibility index (Phi) is 3.33. The number of amides is 1. The Morgan fingerprint density at radius 2 is 2.11 bits per heavy atom. The first-order chi connectivity index (χ1) is 8.61. The van der Waals surface area contributed by atoms with Crippen molar-refractivity contribution in [3.8, 4) is 11.8 Å². The summed E-state index contributed by atoms with van der Waals surface area (Å²) in [4.78, 5) is 11.0. The number of benzene rings is 1. The molecular formula is C14H14N2O2. The fourth-order valence-electron chi connectivity index (χ4n) is 2.28. The predicted molar refractivity (Wildman–Crippen MR) is 67.5 cm³/mol. The average Bonchev–Trinajstić information content (AvgIpc) is 2.35. The van der Waals surface area contributed by atoms with Crippen molar-refractivity contribution in [3.63, 3.8) is 0 Å². The van der Waals surface area contributed by atoms with Crippen molar-refractivity contribution in [2.75, 3.05) is 0 Å². The number of hydrogen-bond donors (Lipinski definition) is 2. The summed E-state index contributed by atoms with van der Waals surface area (Å²) in [6, 6.07) is 5.24. The second kappa shape index (κ2) is 4.92. The van der Waals surface area contributed by atoms with Crippen LogP contribution in [0.3, 0.4) is 0 Å². The Bertz CT molecular complexity index is 568. The van der Waals surface area contributed by atoms with Gasteiger partial charge in [0, 0.05) is 0 Å². The zero-order valence-corrected chi connectivity index (χ0v) is 9.94. The van der Waals surface area contributed by atoms with Crippen LogP contribution >= 0.6 is 0 Å². The molecule has 0 bridgehead atoms. The van der Waals surface area contributed by atoms with E-state index in [4.69, 9.17) is 11.0 Å². The molecule has 0 heterocycles. The minimum atomic E-state index is -0.755. The summed E-state index contributed by atoms with van der Waals surface area (Å²) in [7, 11) is 0. The first kappa shape index (κ1) is 12.2. The van der Waals surface area contributed by atoms with Crippen molar-refractivity contribution in [2.24, 2.45) is 5.73 Å². The third-order valence-electron chi connectivity index (χ3n) is 3.16. The molecule has 1 aliphatic rings. The lowest BCUT2D eigenvalue weighted by Gasteiger charge is -2.17. The Morgan fingerprint density at radius 1 is 1.39 bits per heavy atom. The summed E-state index contributed by atoms with van der Waals surface area (Å²) < 4.78 is 0. The van der Waals surface area contributed by atoms with E-state index in [1.165, 1.54) is 6.08 Å². The molecule has 0 fully saturated rings. The lowest BCUT2D eigenvalue weighted by atomic mass is 9.89. The van der Waals surface area contributed by atoms with Crippen LogP contribution in [0.25, 0.3) is 6.08 Å². The third kappa shape index (κ3) is 2.35. The van der Waals surface area contributed by atoms with Crippen LogP contribution in [0.2, 0.25) is 0 Å². The fraction of sp³-hybridized carbons (Fsp3) is 0.286. The maximum absolute atomic E-state index is 11.0. The largest absolute Gasteiger partial charge is 0.508 e. The highest BCUT2D eigenvalue weighted by Gasteiger charge is 2.14. The van der Waals surface area contributed by atoms with Gasteiger partial charge in [-0.25, -0.2) is 0 Å². The highest BCUT2D eigenvalue weighted by Crippen LogP contribution is 2.31. The zero-order chi connectivity index (χ0) is 13.1. The minimum Gasteiger partial charge on any atom is -0.508 e. The van der Waals surface area contributed by atoms with E-state index < -0.39 is 5.91 Å². The van der Waals surface area contributed by atoms with E-state index in [-0.39, 0.29) is 11.3 Å². The quantitative estimate of drug-likeness (QED) is 0.610. The maximum atomic E-state index is 11.0. The Hall–Kier alpha value is -2.28. The van der Waals surface area contributed by atoms with Gasteiger partial charge < -0.3 is 10.8 Å². The van der Waals surface area contributed by atoms with Crippen LogP contribution in [-0.4, -0.2) is 11.0 Å². The standard InChI is InChI=1S/C14H14N2O2/c15-8-11(14(16)18)6-9-5-10-3-1-2-4-12(10)13(17)7-9/h5-7,17H,1-4H2,(H2,16,18)/b11-6+. The first-order valence-corrected chi connectivity index (χ1v) is 5.88. The molecule has 0 saturated carbocycles. The summed E-state index contributed by atoms with van der Waals surface area (Å²) >= 11 is 0. The number of carbonyl (C=O) groups is 1. The van der Waals surface area contributed by atoms with Gasteiger partial charge in [0.15, 0.2) is 0 Å². The van der Waals surface area contributed by atoms with Crippen LogP contribution in [0.15, 0.2) is 17.7 Å². The zero-order valence-electron chi connectivity index (χ0n) is 9.94. The van der Waals surface area contributed by atoms with Crippen LogP contribution in [0.5, 0.6) is 5.75 Å². The number of phenols is 1. The molecule has 1 aromatic rings. The molecular weight excluding hydrogens is 228 g/mol. The van der Waals surface area contributed by atoms with E-state index in [9.17, 15) is 9.90 Å². The fourth-order valence-corrected chi connectivity index (χ4v) is 2.28. The second-order valence-corrected chi connectivity index (χ2v) is 4.42. The number of rotatable bonds is 2. The number of primary amides is 1. The van der Waals surface area contributed by atoms with Crippen LogP contribution in [-0.2, 0) is 17.6 Å². The highest BCUT2D eigenvalue weighted by molar-refractivity contribution is 6.00. The molecule has 1 aromatic carbocycles.